The summed E-state index contributed by atoms with van der Waals surface area (Å²) in [6.07, 6.45) is 7.70. The fraction of sp³-hybridized carbons (Fsp3) is 0.750. The van der Waals surface area contributed by atoms with Crippen LogP contribution in [-0.4, -0.2) is 66.0 Å². The third-order valence-corrected chi connectivity index (χ3v) is 6.05. The van der Waals surface area contributed by atoms with Crippen LogP contribution in [-0.2, 0) is 11.2 Å². The standard InChI is InChI=1S/C20H32N4O3/c1-4-9-23(3)12-18(25)21-11-15-10-20(7-6-8-20)14-24(15)19(26)16-13-27-22-17(16)5-2/h13,15H,4-12,14H2,1-3H3,(H,21,25). The highest BCUT2D eigenvalue weighted by atomic mass is 16.5. The molecule has 1 spiro atoms. The molecule has 0 aromatic carbocycles. The number of aryl methyl sites for hydroxylation is 1. The predicted molar refractivity (Wildman–Crippen MR) is 102 cm³/mol. The third-order valence-electron chi connectivity index (χ3n) is 6.05. The number of hydrogen-bond acceptors (Lipinski definition) is 5. The van der Waals surface area contributed by atoms with Gasteiger partial charge in [-0.05, 0) is 51.1 Å². The number of rotatable bonds is 8. The predicted octanol–water partition coefficient (Wildman–Crippen LogP) is 2.08. The Morgan fingerprint density at radius 1 is 1.41 bits per heavy atom. The summed E-state index contributed by atoms with van der Waals surface area (Å²) in [5.74, 6) is 0.00589. The first-order valence-electron chi connectivity index (χ1n) is 10.2. The van der Waals surface area contributed by atoms with Gasteiger partial charge in [0.05, 0.1) is 12.2 Å². The monoisotopic (exact) mass is 376 g/mol. The number of aromatic nitrogens is 1. The summed E-state index contributed by atoms with van der Waals surface area (Å²) in [7, 11) is 1.95. The molecular formula is C20H32N4O3. The molecule has 1 aromatic rings. The van der Waals surface area contributed by atoms with E-state index < -0.39 is 0 Å². The smallest absolute Gasteiger partial charge is 0.259 e. The van der Waals surface area contributed by atoms with Crippen molar-refractivity contribution in [1.82, 2.24) is 20.3 Å². The SMILES string of the molecule is CCCN(C)CC(=O)NCC1CC2(CCC2)CN1C(=O)c1conc1CC. The number of likely N-dealkylation sites (tertiary alicyclic amines) is 1. The van der Waals surface area contributed by atoms with Gasteiger partial charge in [0.2, 0.25) is 5.91 Å². The van der Waals surface area contributed by atoms with Gasteiger partial charge in [-0.25, -0.2) is 0 Å². The zero-order valence-corrected chi connectivity index (χ0v) is 16.8. The first kappa shape index (κ1) is 19.9. The maximum Gasteiger partial charge on any atom is 0.259 e. The molecule has 3 rings (SSSR count). The van der Waals surface area contributed by atoms with E-state index in [1.54, 1.807) is 0 Å². The van der Waals surface area contributed by atoms with Gasteiger partial charge in [-0.15, -0.1) is 0 Å². The Hall–Kier alpha value is -1.89. The van der Waals surface area contributed by atoms with E-state index in [9.17, 15) is 9.59 Å². The Bertz CT molecular complexity index is 668. The minimum absolute atomic E-state index is 0.0146. The molecule has 1 aliphatic carbocycles. The zero-order valence-electron chi connectivity index (χ0n) is 16.8. The molecule has 7 heteroatoms. The molecule has 1 unspecified atom stereocenters. The van der Waals surface area contributed by atoms with Crippen LogP contribution in [0.4, 0.5) is 0 Å². The van der Waals surface area contributed by atoms with Gasteiger partial charge in [-0.2, -0.15) is 0 Å². The molecule has 1 aromatic heterocycles. The van der Waals surface area contributed by atoms with Crippen molar-refractivity contribution in [3.63, 3.8) is 0 Å². The number of hydrogen-bond donors (Lipinski definition) is 1. The first-order chi connectivity index (χ1) is 13.0. The lowest BCUT2D eigenvalue weighted by Crippen LogP contribution is -2.45. The van der Waals surface area contributed by atoms with Crippen LogP contribution in [0.25, 0.3) is 0 Å². The normalized spacial score (nSPS) is 20.9. The van der Waals surface area contributed by atoms with Gasteiger partial charge in [0, 0.05) is 19.1 Å². The largest absolute Gasteiger partial charge is 0.364 e. The number of amides is 2. The maximum absolute atomic E-state index is 13.1. The summed E-state index contributed by atoms with van der Waals surface area (Å²) in [5, 5.41) is 6.99. The average Bonchev–Trinajstić information content (AvgIpc) is 3.24. The molecule has 2 aliphatic rings. The van der Waals surface area contributed by atoms with Gasteiger partial charge < -0.3 is 14.7 Å². The van der Waals surface area contributed by atoms with Crippen molar-refractivity contribution >= 4 is 11.8 Å². The highest BCUT2D eigenvalue weighted by Crippen LogP contribution is 2.50. The average molecular weight is 377 g/mol. The van der Waals surface area contributed by atoms with E-state index in [0.717, 1.165) is 25.9 Å². The van der Waals surface area contributed by atoms with Crippen molar-refractivity contribution in [2.24, 2.45) is 5.41 Å². The second kappa shape index (κ2) is 8.42. The molecule has 27 heavy (non-hydrogen) atoms. The first-order valence-corrected chi connectivity index (χ1v) is 10.2. The Kier molecular flexibility index (Phi) is 6.19. The molecule has 0 bridgehead atoms. The number of carbonyl (C=O) groups excluding carboxylic acids is 2. The molecule has 1 N–H and O–H groups in total. The number of likely N-dealkylation sites (N-methyl/N-ethyl adjacent to an activating group) is 1. The van der Waals surface area contributed by atoms with Gasteiger partial charge in [-0.1, -0.05) is 25.4 Å². The Morgan fingerprint density at radius 2 is 2.19 bits per heavy atom. The van der Waals surface area contributed by atoms with Crippen molar-refractivity contribution in [1.29, 1.82) is 0 Å². The lowest BCUT2D eigenvalue weighted by Gasteiger charge is -2.37. The molecular weight excluding hydrogens is 344 g/mol. The van der Waals surface area contributed by atoms with Crippen LogP contribution in [0.2, 0.25) is 0 Å². The van der Waals surface area contributed by atoms with E-state index in [0.29, 0.717) is 30.8 Å². The fourth-order valence-corrected chi connectivity index (χ4v) is 4.46. The summed E-state index contributed by atoms with van der Waals surface area (Å²) in [6, 6.07) is 0.0397. The van der Waals surface area contributed by atoms with E-state index in [1.807, 2.05) is 23.8 Å². The Balaban J connectivity index is 1.64. The van der Waals surface area contributed by atoms with Crippen molar-refractivity contribution in [2.75, 3.05) is 33.2 Å². The van der Waals surface area contributed by atoms with Crippen LogP contribution in [0, 0.1) is 5.41 Å². The second-order valence-electron chi connectivity index (χ2n) is 8.21. The molecule has 7 nitrogen and oxygen atoms in total. The van der Waals surface area contributed by atoms with Gasteiger partial charge in [0.25, 0.3) is 5.91 Å². The molecule has 2 fully saturated rings. The highest BCUT2D eigenvalue weighted by Gasteiger charge is 2.49. The van der Waals surface area contributed by atoms with Crippen LogP contribution >= 0.6 is 0 Å². The quantitative estimate of drug-likeness (QED) is 0.751. The van der Waals surface area contributed by atoms with Crippen LogP contribution < -0.4 is 5.32 Å². The van der Waals surface area contributed by atoms with Crippen molar-refractivity contribution in [3.05, 3.63) is 17.5 Å². The molecule has 1 saturated heterocycles. The number of nitrogens with one attached hydrogen (secondary N) is 1. The van der Waals surface area contributed by atoms with E-state index in [2.05, 4.69) is 17.4 Å². The van der Waals surface area contributed by atoms with E-state index in [1.165, 1.54) is 25.5 Å². The Morgan fingerprint density at radius 3 is 2.81 bits per heavy atom. The third kappa shape index (κ3) is 4.34. The molecule has 150 valence electrons. The maximum atomic E-state index is 13.1. The molecule has 2 amide bonds. The van der Waals surface area contributed by atoms with Gasteiger partial charge in [-0.3, -0.25) is 14.5 Å². The number of nitrogens with zero attached hydrogens (tertiary/aromatic N) is 3. The molecule has 0 radical (unpaired) electrons. The lowest BCUT2D eigenvalue weighted by molar-refractivity contribution is -0.122. The van der Waals surface area contributed by atoms with Gasteiger partial charge >= 0.3 is 0 Å². The molecule has 2 heterocycles. The Labute approximate surface area is 161 Å². The molecule has 1 atom stereocenters. The summed E-state index contributed by atoms with van der Waals surface area (Å²) >= 11 is 0. The minimum Gasteiger partial charge on any atom is -0.364 e. The van der Waals surface area contributed by atoms with Crippen LogP contribution in [0.15, 0.2) is 10.8 Å². The minimum atomic E-state index is -0.0146. The summed E-state index contributed by atoms with van der Waals surface area (Å²) < 4.78 is 5.04. The van der Waals surface area contributed by atoms with Crippen molar-refractivity contribution in [3.8, 4) is 0 Å². The topological polar surface area (TPSA) is 78.7 Å². The van der Waals surface area contributed by atoms with E-state index in [-0.39, 0.29) is 23.3 Å². The summed E-state index contributed by atoms with van der Waals surface area (Å²) in [5.41, 5.74) is 1.51. The molecule has 1 saturated carbocycles. The second-order valence-corrected chi connectivity index (χ2v) is 8.21. The molecule has 1 aliphatic heterocycles. The van der Waals surface area contributed by atoms with Crippen LogP contribution in [0.5, 0.6) is 0 Å². The number of carbonyl (C=O) groups is 2. The van der Waals surface area contributed by atoms with Crippen LogP contribution in [0.3, 0.4) is 0 Å². The summed E-state index contributed by atoms with van der Waals surface area (Å²) in [4.78, 5) is 29.4. The van der Waals surface area contributed by atoms with Crippen molar-refractivity contribution in [2.45, 2.75) is 58.4 Å². The van der Waals surface area contributed by atoms with E-state index in [4.69, 9.17) is 4.52 Å². The highest BCUT2D eigenvalue weighted by molar-refractivity contribution is 5.95. The van der Waals surface area contributed by atoms with E-state index >= 15 is 0 Å². The lowest BCUT2D eigenvalue weighted by atomic mass is 9.67. The fourth-order valence-electron chi connectivity index (χ4n) is 4.46. The van der Waals surface area contributed by atoms with Gasteiger partial charge in [0.1, 0.15) is 11.8 Å². The van der Waals surface area contributed by atoms with Gasteiger partial charge in [0.15, 0.2) is 0 Å². The van der Waals surface area contributed by atoms with Crippen molar-refractivity contribution < 1.29 is 14.1 Å². The van der Waals surface area contributed by atoms with Crippen LogP contribution in [0.1, 0.15) is 62.0 Å². The summed E-state index contributed by atoms with van der Waals surface area (Å²) in [6.45, 7) is 6.65. The zero-order chi connectivity index (χ0) is 19.4.